The molecule has 128 valence electrons. The molecular formula is C15H22Cl2N4O2. The number of pyridine rings is 1. The van der Waals surface area contributed by atoms with Crippen LogP contribution in [0.2, 0.25) is 0 Å². The summed E-state index contributed by atoms with van der Waals surface area (Å²) in [6, 6.07) is 5.82. The molecule has 1 saturated heterocycles. The number of fused-ring (bicyclic) bond motifs is 1. The van der Waals surface area contributed by atoms with Crippen molar-refractivity contribution in [2.45, 2.75) is 19.4 Å². The third-order valence-corrected chi connectivity index (χ3v) is 4.17. The average molecular weight is 361 g/mol. The number of rotatable bonds is 4. The first-order chi connectivity index (χ1) is 10.2. The Balaban J connectivity index is 0.00000132. The maximum absolute atomic E-state index is 12.5. The molecule has 8 heteroatoms. The first-order valence-electron chi connectivity index (χ1n) is 7.22. The number of aromatic nitrogens is 2. The second-order valence-corrected chi connectivity index (χ2v) is 5.48. The van der Waals surface area contributed by atoms with E-state index in [9.17, 15) is 4.79 Å². The van der Waals surface area contributed by atoms with Crippen LogP contribution in [0.5, 0.6) is 0 Å². The molecule has 2 aromatic heterocycles. The summed E-state index contributed by atoms with van der Waals surface area (Å²) in [7, 11) is 0. The van der Waals surface area contributed by atoms with Gasteiger partial charge in [-0.05, 0) is 25.0 Å². The molecule has 0 atom stereocenters. The van der Waals surface area contributed by atoms with Crippen molar-refractivity contribution in [1.29, 1.82) is 0 Å². The van der Waals surface area contributed by atoms with E-state index in [-0.39, 0.29) is 30.7 Å². The van der Waals surface area contributed by atoms with Crippen molar-refractivity contribution in [3.63, 3.8) is 0 Å². The zero-order valence-corrected chi connectivity index (χ0v) is 14.4. The molecule has 0 aromatic carbocycles. The largest absolute Gasteiger partial charge is 0.381 e. The van der Waals surface area contributed by atoms with Crippen molar-refractivity contribution < 1.29 is 9.53 Å². The Morgan fingerprint density at radius 1 is 1.35 bits per heavy atom. The smallest absolute Gasteiger partial charge is 0.227 e. The number of hydrogen-bond acceptors (Lipinski definition) is 4. The molecule has 0 aliphatic carbocycles. The first-order valence-corrected chi connectivity index (χ1v) is 7.22. The lowest BCUT2D eigenvalue weighted by atomic mass is 9.79. The van der Waals surface area contributed by atoms with Crippen LogP contribution < -0.4 is 11.1 Å². The third kappa shape index (κ3) is 4.14. The van der Waals surface area contributed by atoms with E-state index in [0.29, 0.717) is 39.1 Å². The van der Waals surface area contributed by atoms with Crippen LogP contribution in [-0.2, 0) is 16.1 Å². The maximum Gasteiger partial charge on any atom is 0.227 e. The number of halogens is 2. The zero-order chi connectivity index (χ0) is 14.7. The van der Waals surface area contributed by atoms with E-state index < -0.39 is 5.41 Å². The molecule has 3 heterocycles. The molecule has 0 radical (unpaired) electrons. The van der Waals surface area contributed by atoms with Crippen LogP contribution in [0, 0.1) is 5.41 Å². The van der Waals surface area contributed by atoms with Crippen LogP contribution >= 0.6 is 24.8 Å². The highest BCUT2D eigenvalue weighted by atomic mass is 35.5. The predicted molar refractivity (Wildman–Crippen MR) is 93.1 cm³/mol. The summed E-state index contributed by atoms with van der Waals surface area (Å²) in [6.07, 6.45) is 5.23. The summed E-state index contributed by atoms with van der Waals surface area (Å²) in [4.78, 5) is 16.9. The average Bonchev–Trinajstić information content (AvgIpc) is 2.96. The number of nitrogens with one attached hydrogen (secondary N) is 1. The molecule has 0 bridgehead atoms. The molecule has 1 fully saturated rings. The van der Waals surface area contributed by atoms with Gasteiger partial charge in [0.05, 0.1) is 17.7 Å². The van der Waals surface area contributed by atoms with Gasteiger partial charge in [0.1, 0.15) is 5.65 Å². The molecule has 1 aliphatic heterocycles. The number of hydrogen-bond donors (Lipinski definition) is 2. The molecule has 1 aliphatic rings. The SMILES string of the molecule is Cl.Cl.NCC1(C(=O)NCc2cn3ccccc3n2)CCOCC1. The Hall–Kier alpha value is -1.34. The minimum absolute atomic E-state index is 0. The second kappa shape index (κ2) is 8.49. The molecule has 0 saturated carbocycles. The van der Waals surface area contributed by atoms with E-state index in [4.69, 9.17) is 10.5 Å². The highest BCUT2D eigenvalue weighted by Gasteiger charge is 2.38. The summed E-state index contributed by atoms with van der Waals surface area (Å²) < 4.78 is 7.27. The van der Waals surface area contributed by atoms with Gasteiger partial charge in [0, 0.05) is 32.2 Å². The summed E-state index contributed by atoms with van der Waals surface area (Å²) in [5.74, 6) is 0.00496. The van der Waals surface area contributed by atoms with Gasteiger partial charge in [-0.25, -0.2) is 4.98 Å². The number of carbonyl (C=O) groups is 1. The highest BCUT2D eigenvalue weighted by molar-refractivity contribution is 5.85. The Bertz CT molecular complexity index is 608. The summed E-state index contributed by atoms with van der Waals surface area (Å²) >= 11 is 0. The predicted octanol–water partition coefficient (Wildman–Crippen LogP) is 1.55. The van der Waals surface area contributed by atoms with Crippen molar-refractivity contribution in [2.24, 2.45) is 11.1 Å². The van der Waals surface area contributed by atoms with Crippen molar-refractivity contribution in [3.8, 4) is 0 Å². The van der Waals surface area contributed by atoms with Gasteiger partial charge < -0.3 is 20.2 Å². The van der Waals surface area contributed by atoms with Crippen LogP contribution in [0.15, 0.2) is 30.6 Å². The molecule has 0 unspecified atom stereocenters. The lowest BCUT2D eigenvalue weighted by molar-refractivity contribution is -0.136. The fourth-order valence-corrected chi connectivity index (χ4v) is 2.72. The van der Waals surface area contributed by atoms with E-state index in [2.05, 4.69) is 10.3 Å². The van der Waals surface area contributed by atoms with Crippen LogP contribution in [0.1, 0.15) is 18.5 Å². The van der Waals surface area contributed by atoms with Crippen LogP contribution in [0.25, 0.3) is 5.65 Å². The number of amides is 1. The molecule has 23 heavy (non-hydrogen) atoms. The summed E-state index contributed by atoms with van der Waals surface area (Å²) in [5, 5.41) is 2.97. The Morgan fingerprint density at radius 2 is 2.09 bits per heavy atom. The van der Waals surface area contributed by atoms with Gasteiger partial charge in [-0.1, -0.05) is 6.07 Å². The van der Waals surface area contributed by atoms with Gasteiger partial charge in [0.2, 0.25) is 5.91 Å². The van der Waals surface area contributed by atoms with Crippen molar-refractivity contribution in [2.75, 3.05) is 19.8 Å². The normalized spacial score (nSPS) is 16.2. The third-order valence-electron chi connectivity index (χ3n) is 4.17. The van der Waals surface area contributed by atoms with Gasteiger partial charge in [-0.3, -0.25) is 4.79 Å². The quantitative estimate of drug-likeness (QED) is 0.866. The molecule has 3 N–H and O–H groups in total. The number of nitrogens with zero attached hydrogens (tertiary/aromatic N) is 2. The number of nitrogens with two attached hydrogens (primary N) is 1. The van der Waals surface area contributed by atoms with E-state index >= 15 is 0 Å². The van der Waals surface area contributed by atoms with E-state index in [1.165, 1.54) is 0 Å². The van der Waals surface area contributed by atoms with Gasteiger partial charge in [-0.2, -0.15) is 0 Å². The first kappa shape index (κ1) is 19.7. The van der Waals surface area contributed by atoms with Gasteiger partial charge >= 0.3 is 0 Å². The molecule has 6 nitrogen and oxygen atoms in total. The summed E-state index contributed by atoms with van der Waals surface area (Å²) in [5.41, 5.74) is 7.06. The lowest BCUT2D eigenvalue weighted by Gasteiger charge is -2.34. The minimum atomic E-state index is -0.489. The van der Waals surface area contributed by atoms with Crippen LogP contribution in [0.3, 0.4) is 0 Å². The fourth-order valence-electron chi connectivity index (χ4n) is 2.72. The van der Waals surface area contributed by atoms with Crippen molar-refractivity contribution in [3.05, 3.63) is 36.3 Å². The van der Waals surface area contributed by atoms with Crippen molar-refractivity contribution in [1.82, 2.24) is 14.7 Å². The zero-order valence-electron chi connectivity index (χ0n) is 12.7. The molecule has 2 aromatic rings. The van der Waals surface area contributed by atoms with Crippen LogP contribution in [0.4, 0.5) is 0 Å². The summed E-state index contributed by atoms with van der Waals surface area (Å²) in [6.45, 7) is 1.97. The molecule has 0 spiro atoms. The number of imidazole rings is 1. The molecule has 3 rings (SSSR count). The Labute approximate surface area is 147 Å². The van der Waals surface area contributed by atoms with Gasteiger partial charge in [-0.15, -0.1) is 24.8 Å². The van der Waals surface area contributed by atoms with E-state index in [1.54, 1.807) is 0 Å². The number of ether oxygens (including phenoxy) is 1. The Morgan fingerprint density at radius 3 is 2.74 bits per heavy atom. The minimum Gasteiger partial charge on any atom is -0.381 e. The lowest BCUT2D eigenvalue weighted by Crippen LogP contribution is -2.49. The topological polar surface area (TPSA) is 81.7 Å². The Kier molecular flexibility index (Phi) is 7.28. The van der Waals surface area contributed by atoms with E-state index in [1.807, 2.05) is 35.0 Å². The number of carbonyl (C=O) groups excluding carboxylic acids is 1. The standard InChI is InChI=1S/C15H20N4O2.2ClH/c16-11-15(4-7-21-8-5-15)14(20)17-9-12-10-19-6-2-1-3-13(19)18-12;;/h1-3,6,10H,4-5,7-9,11,16H2,(H,17,20);2*1H. The highest BCUT2D eigenvalue weighted by Crippen LogP contribution is 2.29. The van der Waals surface area contributed by atoms with Gasteiger partial charge in [0.25, 0.3) is 0 Å². The van der Waals surface area contributed by atoms with Gasteiger partial charge in [0.15, 0.2) is 0 Å². The molecule has 1 amide bonds. The van der Waals surface area contributed by atoms with Crippen LogP contribution in [-0.4, -0.2) is 35.1 Å². The monoisotopic (exact) mass is 360 g/mol. The van der Waals surface area contributed by atoms with E-state index in [0.717, 1.165) is 11.3 Å². The molecular weight excluding hydrogens is 339 g/mol. The van der Waals surface area contributed by atoms with Crippen molar-refractivity contribution >= 4 is 36.4 Å². The second-order valence-electron chi connectivity index (χ2n) is 5.48. The maximum atomic E-state index is 12.5. The fraction of sp³-hybridized carbons (Fsp3) is 0.467.